The van der Waals surface area contributed by atoms with Crippen molar-refractivity contribution < 1.29 is 9.59 Å². The zero-order chi connectivity index (χ0) is 17.7. The van der Waals surface area contributed by atoms with Gasteiger partial charge in [-0.25, -0.2) is 9.50 Å². The first-order chi connectivity index (χ1) is 12.0. The molecular weight excluding hydrogens is 342 g/mol. The molecule has 25 heavy (non-hydrogen) atoms. The third kappa shape index (κ3) is 2.51. The molecule has 0 spiro atoms. The first-order valence-corrected chi connectivity index (χ1v) is 8.36. The van der Waals surface area contributed by atoms with Crippen LogP contribution in [-0.2, 0) is 6.42 Å². The molecule has 0 bridgehead atoms. The van der Waals surface area contributed by atoms with Crippen LogP contribution >= 0.6 is 11.6 Å². The molecule has 4 heterocycles. The van der Waals surface area contributed by atoms with Crippen molar-refractivity contribution >= 4 is 29.1 Å². The molecule has 1 amide bonds. The van der Waals surface area contributed by atoms with Crippen molar-refractivity contribution in [1.29, 1.82) is 0 Å². The van der Waals surface area contributed by atoms with Crippen molar-refractivity contribution in [3.63, 3.8) is 0 Å². The normalized spacial score (nSPS) is 16.9. The standard InChI is InChI=1S/C17H16ClN5O2/c1-10-16-12(4-6-22(16)11(2)24)3-5-21(10)17(25)14-7-15-19-8-13(18)9-23(15)20-14/h4,6-10H,3,5H2,1-2H3. The summed E-state index contributed by atoms with van der Waals surface area (Å²) in [5, 5.41) is 4.74. The summed E-state index contributed by atoms with van der Waals surface area (Å²) in [5.74, 6) is -0.245. The summed E-state index contributed by atoms with van der Waals surface area (Å²) in [6.07, 6.45) is 5.61. The van der Waals surface area contributed by atoms with E-state index < -0.39 is 0 Å². The minimum Gasteiger partial charge on any atom is -0.329 e. The van der Waals surface area contributed by atoms with Crippen LogP contribution in [0.4, 0.5) is 0 Å². The van der Waals surface area contributed by atoms with Crippen LogP contribution in [0.2, 0.25) is 5.02 Å². The van der Waals surface area contributed by atoms with E-state index in [0.717, 1.165) is 11.3 Å². The number of carbonyl (C=O) groups is 2. The van der Waals surface area contributed by atoms with Gasteiger partial charge in [0.15, 0.2) is 11.3 Å². The van der Waals surface area contributed by atoms with Crippen molar-refractivity contribution in [1.82, 2.24) is 24.1 Å². The fraction of sp³-hybridized carbons (Fsp3) is 0.294. The Morgan fingerprint density at radius 1 is 1.36 bits per heavy atom. The Labute approximate surface area is 148 Å². The van der Waals surface area contributed by atoms with Gasteiger partial charge < -0.3 is 4.90 Å². The van der Waals surface area contributed by atoms with Crippen LogP contribution in [-0.4, -0.2) is 42.4 Å². The summed E-state index contributed by atoms with van der Waals surface area (Å²) < 4.78 is 3.11. The van der Waals surface area contributed by atoms with Gasteiger partial charge in [-0.3, -0.25) is 14.2 Å². The van der Waals surface area contributed by atoms with E-state index in [1.165, 1.54) is 17.6 Å². The molecule has 0 saturated carbocycles. The van der Waals surface area contributed by atoms with Crippen LogP contribution in [0.1, 0.15) is 46.4 Å². The van der Waals surface area contributed by atoms with Crippen molar-refractivity contribution in [3.05, 3.63) is 52.7 Å². The van der Waals surface area contributed by atoms with Crippen LogP contribution in [0.3, 0.4) is 0 Å². The number of carbonyl (C=O) groups excluding carboxylic acids is 2. The first kappa shape index (κ1) is 15.8. The molecule has 4 rings (SSSR count). The molecule has 1 atom stereocenters. The molecule has 0 radical (unpaired) electrons. The molecule has 0 aromatic carbocycles. The first-order valence-electron chi connectivity index (χ1n) is 7.98. The van der Waals surface area contributed by atoms with E-state index in [1.54, 1.807) is 27.9 Å². The summed E-state index contributed by atoms with van der Waals surface area (Å²) in [5.41, 5.74) is 2.85. The predicted molar refractivity (Wildman–Crippen MR) is 91.9 cm³/mol. The van der Waals surface area contributed by atoms with Gasteiger partial charge in [0.2, 0.25) is 5.91 Å². The number of rotatable bonds is 1. The molecule has 0 fully saturated rings. The highest BCUT2D eigenvalue weighted by molar-refractivity contribution is 6.30. The lowest BCUT2D eigenvalue weighted by molar-refractivity contribution is 0.0657. The van der Waals surface area contributed by atoms with Crippen molar-refractivity contribution in [2.24, 2.45) is 0 Å². The van der Waals surface area contributed by atoms with Gasteiger partial charge in [-0.15, -0.1) is 0 Å². The second kappa shape index (κ2) is 5.70. The van der Waals surface area contributed by atoms with Crippen molar-refractivity contribution in [3.8, 4) is 0 Å². The van der Waals surface area contributed by atoms with E-state index in [4.69, 9.17) is 11.6 Å². The van der Waals surface area contributed by atoms with E-state index in [2.05, 4.69) is 10.1 Å². The van der Waals surface area contributed by atoms with Crippen LogP contribution in [0.5, 0.6) is 0 Å². The van der Waals surface area contributed by atoms with Gasteiger partial charge >= 0.3 is 0 Å². The molecule has 3 aromatic rings. The number of nitrogens with zero attached hydrogens (tertiary/aromatic N) is 5. The Kier molecular flexibility index (Phi) is 3.61. The summed E-state index contributed by atoms with van der Waals surface area (Å²) in [6, 6.07) is 3.38. The van der Waals surface area contributed by atoms with Gasteiger partial charge in [-0.05, 0) is 25.0 Å². The lowest BCUT2D eigenvalue weighted by Gasteiger charge is -2.34. The van der Waals surface area contributed by atoms with Gasteiger partial charge in [0.05, 0.1) is 23.0 Å². The molecule has 7 nitrogen and oxygen atoms in total. The maximum atomic E-state index is 13.0. The van der Waals surface area contributed by atoms with Crippen LogP contribution in [0.25, 0.3) is 5.65 Å². The Bertz CT molecular complexity index is 1010. The van der Waals surface area contributed by atoms with E-state index in [-0.39, 0.29) is 17.9 Å². The Morgan fingerprint density at radius 2 is 2.16 bits per heavy atom. The van der Waals surface area contributed by atoms with Gasteiger partial charge in [-0.1, -0.05) is 11.6 Å². The summed E-state index contributed by atoms with van der Waals surface area (Å²) in [6.45, 7) is 4.03. The zero-order valence-corrected chi connectivity index (χ0v) is 14.6. The third-order valence-corrected chi connectivity index (χ3v) is 4.79. The largest absolute Gasteiger partial charge is 0.329 e. The highest BCUT2D eigenvalue weighted by atomic mass is 35.5. The second-order valence-electron chi connectivity index (χ2n) is 6.14. The predicted octanol–water partition coefficient (Wildman–Crippen LogP) is 2.60. The average Bonchev–Trinajstić information content (AvgIpc) is 3.18. The topological polar surface area (TPSA) is 72.5 Å². The number of halogens is 1. The molecule has 1 unspecified atom stereocenters. The third-order valence-electron chi connectivity index (χ3n) is 4.60. The van der Waals surface area contributed by atoms with Crippen molar-refractivity contribution in [2.45, 2.75) is 26.3 Å². The van der Waals surface area contributed by atoms with Gasteiger partial charge in [0, 0.05) is 31.9 Å². The number of hydrogen-bond acceptors (Lipinski definition) is 4. The molecule has 0 aliphatic carbocycles. The Hall–Kier alpha value is -2.67. The molecule has 0 saturated heterocycles. The zero-order valence-electron chi connectivity index (χ0n) is 13.8. The SMILES string of the molecule is CC(=O)n1ccc2c1C(C)N(C(=O)c1cc3ncc(Cl)cn3n1)CC2. The summed E-state index contributed by atoms with van der Waals surface area (Å²) in [4.78, 5) is 30.7. The van der Waals surface area contributed by atoms with E-state index in [9.17, 15) is 9.59 Å². The number of amides is 1. The minimum atomic E-state index is -0.212. The summed E-state index contributed by atoms with van der Waals surface area (Å²) >= 11 is 5.92. The number of hydrogen-bond donors (Lipinski definition) is 0. The van der Waals surface area contributed by atoms with Crippen LogP contribution < -0.4 is 0 Å². The molecular formula is C17H16ClN5O2. The molecule has 0 N–H and O–H groups in total. The van der Waals surface area contributed by atoms with E-state index in [1.807, 2.05) is 13.0 Å². The minimum absolute atomic E-state index is 0.0611. The molecule has 1 aliphatic heterocycles. The monoisotopic (exact) mass is 357 g/mol. The van der Waals surface area contributed by atoms with Gasteiger partial charge in [0.25, 0.3) is 5.91 Å². The van der Waals surface area contributed by atoms with Gasteiger partial charge in [-0.2, -0.15) is 5.10 Å². The Morgan fingerprint density at radius 3 is 2.92 bits per heavy atom. The van der Waals surface area contributed by atoms with E-state index >= 15 is 0 Å². The van der Waals surface area contributed by atoms with Crippen LogP contribution in [0.15, 0.2) is 30.7 Å². The quantitative estimate of drug-likeness (QED) is 0.671. The lowest BCUT2D eigenvalue weighted by Crippen LogP contribution is -2.40. The van der Waals surface area contributed by atoms with Gasteiger partial charge in [0.1, 0.15) is 0 Å². The van der Waals surface area contributed by atoms with Crippen molar-refractivity contribution in [2.75, 3.05) is 6.54 Å². The Balaban J connectivity index is 1.70. The average molecular weight is 358 g/mol. The fourth-order valence-corrected chi connectivity index (χ4v) is 3.55. The van der Waals surface area contributed by atoms with E-state index in [0.29, 0.717) is 29.3 Å². The highest BCUT2D eigenvalue weighted by Gasteiger charge is 2.32. The second-order valence-corrected chi connectivity index (χ2v) is 6.58. The maximum Gasteiger partial charge on any atom is 0.275 e. The lowest BCUT2D eigenvalue weighted by atomic mass is 10.0. The molecule has 8 heteroatoms. The number of fused-ring (bicyclic) bond motifs is 2. The highest BCUT2D eigenvalue weighted by Crippen LogP contribution is 2.31. The molecule has 128 valence electrons. The summed E-state index contributed by atoms with van der Waals surface area (Å²) in [7, 11) is 0. The number of aromatic nitrogens is 4. The maximum absolute atomic E-state index is 13.0. The molecule has 1 aliphatic rings. The smallest absolute Gasteiger partial charge is 0.275 e. The molecule has 3 aromatic heterocycles. The fourth-order valence-electron chi connectivity index (χ4n) is 3.41. The van der Waals surface area contributed by atoms with Crippen LogP contribution in [0, 0.1) is 0 Å².